The molecule has 4 nitrogen and oxygen atoms in total. The van der Waals surface area contributed by atoms with Gasteiger partial charge in [0.1, 0.15) is 5.75 Å². The largest absolute Gasteiger partial charge is 0.467 e. The zero-order valence-electron chi connectivity index (χ0n) is 12.1. The Morgan fingerprint density at radius 1 is 1.30 bits per heavy atom. The Kier molecular flexibility index (Phi) is 4.10. The smallest absolute Gasteiger partial charge is 0.189 e. The third kappa shape index (κ3) is 3.05. The lowest BCUT2D eigenvalue weighted by molar-refractivity contribution is -0.0174. The van der Waals surface area contributed by atoms with Crippen LogP contribution in [0.15, 0.2) is 12.1 Å². The van der Waals surface area contributed by atoms with Gasteiger partial charge in [-0.15, -0.1) is 0 Å². The highest BCUT2D eigenvalue weighted by molar-refractivity contribution is 8.00. The predicted octanol–water partition coefficient (Wildman–Crippen LogP) is 2.46. The molecule has 110 valence electrons. The number of fused-ring (bicyclic) bond motifs is 1. The van der Waals surface area contributed by atoms with Crippen molar-refractivity contribution in [2.24, 2.45) is 0 Å². The van der Waals surface area contributed by atoms with E-state index in [-0.39, 0.29) is 0 Å². The van der Waals surface area contributed by atoms with Gasteiger partial charge >= 0.3 is 0 Å². The fraction of sp³-hybridized carbons (Fsp3) is 0.600. The fourth-order valence-corrected chi connectivity index (χ4v) is 4.48. The molecule has 2 unspecified atom stereocenters. The maximum absolute atomic E-state index is 6.01. The van der Waals surface area contributed by atoms with Crippen molar-refractivity contribution in [1.82, 2.24) is 4.90 Å². The summed E-state index contributed by atoms with van der Waals surface area (Å²) in [7, 11) is 0. The number of nitrogens with zero attached hydrogens (tertiary/aromatic N) is 1. The number of thioether (sulfide) groups is 1. The average Bonchev–Trinajstić information content (AvgIpc) is 2.37. The van der Waals surface area contributed by atoms with Gasteiger partial charge in [0.25, 0.3) is 0 Å². The van der Waals surface area contributed by atoms with Gasteiger partial charge in [-0.25, -0.2) is 0 Å². The normalized spacial score (nSPS) is 26.9. The summed E-state index contributed by atoms with van der Waals surface area (Å²) in [5.41, 5.74) is 9.06. The number of nitrogen functional groups attached to an aromatic ring is 1. The first kappa shape index (κ1) is 14.0. The zero-order chi connectivity index (χ0) is 14.1. The summed E-state index contributed by atoms with van der Waals surface area (Å²) in [5, 5.41) is 1.36. The van der Waals surface area contributed by atoms with Gasteiger partial charge in [0.05, 0.1) is 6.61 Å². The molecule has 1 saturated heterocycles. The third-order valence-corrected chi connectivity index (χ3v) is 4.93. The molecule has 2 N–H and O–H groups in total. The summed E-state index contributed by atoms with van der Waals surface area (Å²) in [6, 6.07) is 4.00. The van der Waals surface area contributed by atoms with Crippen molar-refractivity contribution in [3.8, 4) is 5.75 Å². The second-order valence-corrected chi connectivity index (χ2v) is 7.61. The number of hydrogen-bond donors (Lipinski definition) is 1. The van der Waals surface area contributed by atoms with Crippen molar-refractivity contribution >= 4 is 17.4 Å². The molecule has 0 spiro atoms. The lowest BCUT2D eigenvalue weighted by Crippen LogP contribution is -2.39. The van der Waals surface area contributed by atoms with Gasteiger partial charge in [0.15, 0.2) is 6.79 Å². The number of benzene rings is 1. The van der Waals surface area contributed by atoms with Crippen molar-refractivity contribution in [3.63, 3.8) is 0 Å². The molecule has 1 aromatic carbocycles. The van der Waals surface area contributed by atoms with Gasteiger partial charge < -0.3 is 15.2 Å². The van der Waals surface area contributed by atoms with Crippen LogP contribution >= 0.6 is 11.8 Å². The number of anilines is 1. The van der Waals surface area contributed by atoms with E-state index in [0.29, 0.717) is 23.9 Å². The molecule has 2 atom stereocenters. The Morgan fingerprint density at radius 3 is 2.80 bits per heavy atom. The zero-order valence-corrected chi connectivity index (χ0v) is 12.9. The van der Waals surface area contributed by atoms with Crippen LogP contribution in [0.4, 0.5) is 5.69 Å². The second kappa shape index (κ2) is 5.84. The van der Waals surface area contributed by atoms with Gasteiger partial charge in [-0.05, 0) is 12.1 Å². The highest BCUT2D eigenvalue weighted by Gasteiger charge is 2.24. The maximum atomic E-state index is 6.01. The van der Waals surface area contributed by atoms with E-state index in [1.54, 1.807) is 0 Å². The fourth-order valence-electron chi connectivity index (χ4n) is 3.10. The van der Waals surface area contributed by atoms with Gasteiger partial charge in [0, 0.05) is 46.9 Å². The van der Waals surface area contributed by atoms with E-state index in [1.165, 1.54) is 5.56 Å². The van der Waals surface area contributed by atoms with Gasteiger partial charge in [-0.2, -0.15) is 11.8 Å². The second-order valence-electron chi connectivity index (χ2n) is 5.73. The van der Waals surface area contributed by atoms with Crippen LogP contribution in [0, 0.1) is 0 Å². The SMILES string of the molecule is CC1CN(Cc2cc(N)cc3c2OCOC3)CC(C)S1. The summed E-state index contributed by atoms with van der Waals surface area (Å²) >= 11 is 2.07. The number of rotatable bonds is 2. The van der Waals surface area contributed by atoms with E-state index >= 15 is 0 Å². The van der Waals surface area contributed by atoms with Crippen molar-refractivity contribution in [2.45, 2.75) is 37.5 Å². The van der Waals surface area contributed by atoms with E-state index in [1.807, 2.05) is 12.1 Å². The van der Waals surface area contributed by atoms with E-state index in [9.17, 15) is 0 Å². The first-order chi connectivity index (χ1) is 9.61. The Bertz CT molecular complexity index is 485. The van der Waals surface area contributed by atoms with Crippen LogP contribution in [0.25, 0.3) is 0 Å². The summed E-state index contributed by atoms with van der Waals surface area (Å²) < 4.78 is 11.0. The summed E-state index contributed by atoms with van der Waals surface area (Å²) in [6.45, 7) is 8.67. The van der Waals surface area contributed by atoms with Crippen LogP contribution < -0.4 is 10.5 Å². The summed E-state index contributed by atoms with van der Waals surface area (Å²) in [6.07, 6.45) is 0. The minimum atomic E-state index is 0.340. The van der Waals surface area contributed by atoms with Crippen LogP contribution in [0.5, 0.6) is 5.75 Å². The van der Waals surface area contributed by atoms with E-state index in [4.69, 9.17) is 15.2 Å². The van der Waals surface area contributed by atoms with Crippen LogP contribution in [-0.2, 0) is 17.9 Å². The quantitative estimate of drug-likeness (QED) is 0.849. The molecule has 0 saturated carbocycles. The Hall–Kier alpha value is -0.910. The molecule has 2 aliphatic rings. The standard InChI is InChI=1S/C15H22N2O2S/c1-10-5-17(6-11(2)20-10)7-12-3-14(16)4-13-8-18-9-19-15(12)13/h3-4,10-11H,5-9,16H2,1-2H3. The number of hydrogen-bond acceptors (Lipinski definition) is 5. The van der Waals surface area contributed by atoms with Crippen molar-refractivity contribution in [3.05, 3.63) is 23.3 Å². The third-order valence-electron chi connectivity index (χ3n) is 3.70. The molecule has 3 rings (SSSR count). The molecule has 1 fully saturated rings. The maximum Gasteiger partial charge on any atom is 0.189 e. The van der Waals surface area contributed by atoms with Crippen molar-refractivity contribution < 1.29 is 9.47 Å². The van der Waals surface area contributed by atoms with Crippen LogP contribution in [0.1, 0.15) is 25.0 Å². The minimum absolute atomic E-state index is 0.340. The summed E-state index contributed by atoms with van der Waals surface area (Å²) in [4.78, 5) is 2.50. The molecule has 20 heavy (non-hydrogen) atoms. The molecule has 0 aliphatic carbocycles. The molecule has 0 bridgehead atoms. The van der Waals surface area contributed by atoms with E-state index in [2.05, 4.69) is 30.5 Å². The number of ether oxygens (including phenoxy) is 2. The number of nitrogens with two attached hydrogens (primary N) is 1. The Morgan fingerprint density at radius 2 is 2.05 bits per heavy atom. The van der Waals surface area contributed by atoms with Crippen LogP contribution in [-0.4, -0.2) is 35.3 Å². The molecule has 2 aliphatic heterocycles. The van der Waals surface area contributed by atoms with Gasteiger partial charge in [0.2, 0.25) is 0 Å². The van der Waals surface area contributed by atoms with E-state index in [0.717, 1.165) is 36.6 Å². The first-order valence-corrected chi connectivity index (χ1v) is 8.05. The molecule has 0 aromatic heterocycles. The highest BCUT2D eigenvalue weighted by Crippen LogP contribution is 2.33. The lowest BCUT2D eigenvalue weighted by atomic mass is 10.1. The van der Waals surface area contributed by atoms with Crippen LogP contribution in [0.3, 0.4) is 0 Å². The molecular formula is C15H22N2O2S. The van der Waals surface area contributed by atoms with Crippen molar-refractivity contribution in [2.75, 3.05) is 25.6 Å². The molecule has 0 radical (unpaired) electrons. The van der Waals surface area contributed by atoms with Crippen LogP contribution in [0.2, 0.25) is 0 Å². The summed E-state index contributed by atoms with van der Waals surface area (Å²) in [5.74, 6) is 0.976. The monoisotopic (exact) mass is 294 g/mol. The minimum Gasteiger partial charge on any atom is -0.467 e. The molecule has 0 amide bonds. The average molecular weight is 294 g/mol. The van der Waals surface area contributed by atoms with Gasteiger partial charge in [-0.3, -0.25) is 4.90 Å². The Balaban J connectivity index is 1.81. The first-order valence-electron chi connectivity index (χ1n) is 7.11. The topological polar surface area (TPSA) is 47.7 Å². The lowest BCUT2D eigenvalue weighted by Gasteiger charge is -2.35. The molecule has 5 heteroatoms. The highest BCUT2D eigenvalue weighted by atomic mass is 32.2. The van der Waals surface area contributed by atoms with Crippen molar-refractivity contribution in [1.29, 1.82) is 0 Å². The Labute approximate surface area is 124 Å². The van der Waals surface area contributed by atoms with Gasteiger partial charge in [-0.1, -0.05) is 13.8 Å². The predicted molar refractivity (Wildman–Crippen MR) is 82.9 cm³/mol. The molecule has 2 heterocycles. The van der Waals surface area contributed by atoms with E-state index < -0.39 is 0 Å². The molecule has 1 aromatic rings. The molecular weight excluding hydrogens is 272 g/mol.